The molecule has 0 heterocycles. The number of anilines is 1. The largest absolute Gasteiger partial charge is 0.508 e. The first kappa shape index (κ1) is 34.5. The van der Waals surface area contributed by atoms with Crippen molar-refractivity contribution < 1.29 is 29.0 Å². The van der Waals surface area contributed by atoms with Gasteiger partial charge >= 0.3 is 6.09 Å². The van der Waals surface area contributed by atoms with Gasteiger partial charge in [0.1, 0.15) is 29.2 Å². The number of hydrogen-bond donors (Lipinski definition) is 3. The molecule has 3 N–H and O–H groups in total. The molecule has 0 spiro atoms. The van der Waals surface area contributed by atoms with Crippen LogP contribution in [0.2, 0.25) is 0 Å². The smallest absolute Gasteiger partial charge is 0.408 e. The highest BCUT2D eigenvalue weighted by Gasteiger charge is 2.38. The summed E-state index contributed by atoms with van der Waals surface area (Å²) in [5.74, 6) is -0.430. The average Bonchev–Trinajstić information content (AvgIpc) is 2.93. The van der Waals surface area contributed by atoms with E-state index in [-0.39, 0.29) is 17.6 Å². The van der Waals surface area contributed by atoms with Gasteiger partial charge in [-0.3, -0.25) is 9.59 Å². The molecule has 9 heteroatoms. The maximum Gasteiger partial charge on any atom is 0.408 e. The number of methoxy groups -OCH3 is 1. The number of alkyl carbamates (subject to hydrolysis) is 1. The van der Waals surface area contributed by atoms with Gasteiger partial charge in [0.15, 0.2) is 0 Å². The molecule has 0 aromatic heterocycles. The number of hydrogen-bond acceptors (Lipinski definition) is 6. The molecular weight excluding hydrogens is 534 g/mol. The summed E-state index contributed by atoms with van der Waals surface area (Å²) in [4.78, 5) is 42.8. The second-order valence-corrected chi connectivity index (χ2v) is 11.7. The Bertz CT molecular complexity index is 1150. The first-order chi connectivity index (χ1) is 19.9. The second kappa shape index (κ2) is 16.6. The first-order valence-corrected chi connectivity index (χ1v) is 14.9. The molecule has 42 heavy (non-hydrogen) atoms. The van der Waals surface area contributed by atoms with Crippen LogP contribution in [0.5, 0.6) is 11.5 Å². The Balaban J connectivity index is 2.53. The molecule has 3 amide bonds. The maximum absolute atomic E-state index is 14.4. The molecule has 0 aliphatic carbocycles. The topological polar surface area (TPSA) is 117 Å². The SMILES string of the molecule is CCCCCCCN(C(=O)C(NC(=O)OC(C)(C)C)C(C)CC)C(C(=O)Nc1ccc(OC)cc1)c1cccc(O)c1. The van der Waals surface area contributed by atoms with E-state index in [0.717, 1.165) is 25.7 Å². The molecule has 9 nitrogen and oxygen atoms in total. The van der Waals surface area contributed by atoms with Gasteiger partial charge in [-0.1, -0.05) is 65.0 Å². The summed E-state index contributed by atoms with van der Waals surface area (Å²) >= 11 is 0. The van der Waals surface area contributed by atoms with Gasteiger partial charge in [-0.25, -0.2) is 4.79 Å². The lowest BCUT2D eigenvalue weighted by atomic mass is 9.95. The summed E-state index contributed by atoms with van der Waals surface area (Å²) in [6.45, 7) is 11.5. The van der Waals surface area contributed by atoms with E-state index < -0.39 is 29.7 Å². The standard InChI is InChI=1S/C33H49N3O6/c1-8-10-11-12-13-21-36(31(39)28(23(3)9-2)35-32(40)42-33(4,5)6)29(24-15-14-16-26(37)22-24)30(38)34-25-17-19-27(41-7)20-18-25/h14-20,22-23,28-29,37H,8-13,21H2,1-7H3,(H,34,38)(H,35,40). The fourth-order valence-corrected chi connectivity index (χ4v) is 4.60. The van der Waals surface area contributed by atoms with Crippen LogP contribution in [-0.4, -0.2) is 53.2 Å². The van der Waals surface area contributed by atoms with Crippen LogP contribution in [0.25, 0.3) is 0 Å². The van der Waals surface area contributed by atoms with Gasteiger partial charge < -0.3 is 30.1 Å². The number of rotatable bonds is 15. The minimum Gasteiger partial charge on any atom is -0.508 e. The van der Waals surface area contributed by atoms with Crippen molar-refractivity contribution in [1.29, 1.82) is 0 Å². The van der Waals surface area contributed by atoms with Crippen LogP contribution in [0.3, 0.4) is 0 Å². The number of amides is 3. The summed E-state index contributed by atoms with van der Waals surface area (Å²) < 4.78 is 10.7. The zero-order valence-electron chi connectivity index (χ0n) is 26.2. The van der Waals surface area contributed by atoms with E-state index >= 15 is 0 Å². The summed E-state index contributed by atoms with van der Waals surface area (Å²) in [7, 11) is 1.56. The normalized spacial score (nSPS) is 13.4. The van der Waals surface area contributed by atoms with Gasteiger partial charge in [-0.2, -0.15) is 0 Å². The number of carbonyl (C=O) groups excluding carboxylic acids is 3. The Hall–Kier alpha value is -3.75. The van der Waals surface area contributed by atoms with Crippen LogP contribution in [0.15, 0.2) is 48.5 Å². The van der Waals surface area contributed by atoms with Crippen LogP contribution >= 0.6 is 0 Å². The van der Waals surface area contributed by atoms with E-state index in [2.05, 4.69) is 17.6 Å². The zero-order chi connectivity index (χ0) is 31.3. The van der Waals surface area contributed by atoms with Crippen LogP contribution < -0.4 is 15.4 Å². The predicted molar refractivity (Wildman–Crippen MR) is 166 cm³/mol. The number of carbonyl (C=O) groups is 3. The van der Waals surface area contributed by atoms with Crippen LogP contribution in [0, 0.1) is 5.92 Å². The van der Waals surface area contributed by atoms with Crippen molar-refractivity contribution in [2.45, 2.75) is 97.8 Å². The zero-order valence-corrected chi connectivity index (χ0v) is 26.2. The number of nitrogens with one attached hydrogen (secondary N) is 2. The Labute approximate surface area is 251 Å². The van der Waals surface area contributed by atoms with Gasteiger partial charge in [-0.05, 0) is 75.1 Å². The minimum atomic E-state index is -1.06. The fourth-order valence-electron chi connectivity index (χ4n) is 4.60. The number of phenols is 1. The fraction of sp³-hybridized carbons (Fsp3) is 0.545. The quantitative estimate of drug-likeness (QED) is 0.198. The van der Waals surface area contributed by atoms with Crippen LogP contribution in [0.1, 0.15) is 91.7 Å². The molecule has 232 valence electrons. The predicted octanol–water partition coefficient (Wildman–Crippen LogP) is 6.82. The van der Waals surface area contributed by atoms with Crippen molar-refractivity contribution >= 4 is 23.6 Å². The molecule has 0 saturated heterocycles. The third kappa shape index (κ3) is 10.9. The molecule has 3 unspecified atom stereocenters. The number of ether oxygens (including phenoxy) is 2. The highest BCUT2D eigenvalue weighted by molar-refractivity contribution is 5.99. The minimum absolute atomic E-state index is 0.0181. The number of benzene rings is 2. The molecule has 0 aliphatic rings. The summed E-state index contributed by atoms with van der Waals surface area (Å²) in [5.41, 5.74) is 0.254. The molecule has 0 fully saturated rings. The molecular formula is C33H49N3O6. The van der Waals surface area contributed by atoms with Gasteiger partial charge in [0.2, 0.25) is 5.91 Å². The number of nitrogens with zero attached hydrogens (tertiary/aromatic N) is 1. The molecule has 2 aromatic carbocycles. The molecule has 0 aliphatic heterocycles. The maximum atomic E-state index is 14.4. The van der Waals surface area contributed by atoms with E-state index in [4.69, 9.17) is 9.47 Å². The average molecular weight is 584 g/mol. The second-order valence-electron chi connectivity index (χ2n) is 11.7. The molecule has 2 rings (SSSR count). The first-order valence-electron chi connectivity index (χ1n) is 14.9. The van der Waals surface area contributed by atoms with Crippen molar-refractivity contribution in [3.8, 4) is 11.5 Å². The third-order valence-corrected chi connectivity index (χ3v) is 7.04. The Morgan fingerprint density at radius 3 is 2.21 bits per heavy atom. The summed E-state index contributed by atoms with van der Waals surface area (Å²) in [5, 5.41) is 16.0. The molecule has 2 aromatic rings. The lowest BCUT2D eigenvalue weighted by Gasteiger charge is -2.36. The Morgan fingerprint density at radius 1 is 0.976 bits per heavy atom. The van der Waals surface area contributed by atoms with E-state index in [0.29, 0.717) is 36.4 Å². The highest BCUT2D eigenvalue weighted by Crippen LogP contribution is 2.29. The van der Waals surface area contributed by atoms with Crippen LogP contribution in [-0.2, 0) is 14.3 Å². The molecule has 3 atom stereocenters. The Kier molecular flexibility index (Phi) is 13.6. The molecule has 0 saturated carbocycles. The lowest BCUT2D eigenvalue weighted by Crippen LogP contribution is -2.55. The van der Waals surface area contributed by atoms with Crippen molar-refractivity contribution in [3.05, 3.63) is 54.1 Å². The monoisotopic (exact) mass is 583 g/mol. The molecule has 0 bridgehead atoms. The van der Waals surface area contributed by atoms with E-state index in [1.54, 1.807) is 64.3 Å². The van der Waals surface area contributed by atoms with Crippen LogP contribution in [0.4, 0.5) is 10.5 Å². The van der Waals surface area contributed by atoms with Crippen molar-refractivity contribution in [1.82, 2.24) is 10.2 Å². The van der Waals surface area contributed by atoms with Crippen molar-refractivity contribution in [2.75, 3.05) is 19.0 Å². The Morgan fingerprint density at radius 2 is 1.64 bits per heavy atom. The van der Waals surface area contributed by atoms with Gasteiger partial charge in [0.25, 0.3) is 5.91 Å². The summed E-state index contributed by atoms with van der Waals surface area (Å²) in [6.07, 6.45) is 4.66. The lowest BCUT2D eigenvalue weighted by molar-refractivity contribution is -0.142. The third-order valence-electron chi connectivity index (χ3n) is 7.04. The van der Waals surface area contributed by atoms with E-state index in [1.807, 2.05) is 13.8 Å². The van der Waals surface area contributed by atoms with Crippen molar-refractivity contribution in [2.24, 2.45) is 5.92 Å². The van der Waals surface area contributed by atoms with E-state index in [1.165, 1.54) is 17.0 Å². The number of phenolic OH excluding ortho intramolecular Hbond substituents is 1. The van der Waals surface area contributed by atoms with E-state index in [9.17, 15) is 19.5 Å². The molecule has 0 radical (unpaired) electrons. The number of aromatic hydroxyl groups is 1. The van der Waals surface area contributed by atoms with Gasteiger partial charge in [0, 0.05) is 12.2 Å². The summed E-state index contributed by atoms with van der Waals surface area (Å²) in [6, 6.07) is 11.3. The van der Waals surface area contributed by atoms with Gasteiger partial charge in [-0.15, -0.1) is 0 Å². The highest BCUT2D eigenvalue weighted by atomic mass is 16.6. The van der Waals surface area contributed by atoms with Gasteiger partial charge in [0.05, 0.1) is 7.11 Å². The number of unbranched alkanes of at least 4 members (excludes halogenated alkanes) is 4. The van der Waals surface area contributed by atoms with Crippen molar-refractivity contribution in [3.63, 3.8) is 0 Å².